The molecule has 2 aromatic rings. The summed E-state index contributed by atoms with van der Waals surface area (Å²) in [7, 11) is 0. The van der Waals surface area contributed by atoms with Gasteiger partial charge in [-0.1, -0.05) is 11.6 Å². The molecule has 0 radical (unpaired) electrons. The fraction of sp³-hybridized carbons (Fsp3) is 0.200. The van der Waals surface area contributed by atoms with E-state index in [1.165, 1.54) is 16.2 Å². The Kier molecular flexibility index (Phi) is 4.73. The molecule has 2 N–H and O–H groups in total. The molecule has 2 aromatic heterocycles. The number of hydrogen-bond acceptors (Lipinski definition) is 4. The van der Waals surface area contributed by atoms with Crippen LogP contribution >= 0.6 is 46.5 Å². The van der Waals surface area contributed by atoms with Gasteiger partial charge >= 0.3 is 0 Å². The predicted octanol–water partition coefficient (Wildman–Crippen LogP) is 3.39. The van der Waals surface area contributed by atoms with Crippen LogP contribution in [-0.4, -0.2) is 16.6 Å². The van der Waals surface area contributed by atoms with Gasteiger partial charge in [0.1, 0.15) is 0 Å². The van der Waals surface area contributed by atoms with Gasteiger partial charge in [0.25, 0.3) is 0 Å². The fourth-order valence-electron chi connectivity index (χ4n) is 1.21. The number of hydrogen-bond donors (Lipinski definition) is 2. The number of nitrogens with zero attached hydrogens (tertiary/aromatic N) is 1. The van der Waals surface area contributed by atoms with Crippen LogP contribution in [0.1, 0.15) is 4.88 Å². The summed E-state index contributed by atoms with van der Waals surface area (Å²) in [6.45, 7) is 0.786. The highest BCUT2D eigenvalue weighted by Crippen LogP contribution is 2.21. The Hall–Kier alpha value is -0.690. The molecule has 0 amide bonds. The molecule has 0 fully saturated rings. The van der Waals surface area contributed by atoms with E-state index >= 15 is 0 Å². The molecule has 0 unspecified atom stereocenters. The highest BCUT2D eigenvalue weighted by molar-refractivity contribution is 7.80. The number of halogens is 1. The standard InChI is InChI=1S/C10H10ClN3S3/c11-8-2-1-7(17-8)3-4-12-9(15)14-10-13-5-6-16-10/h1-2,5-6H,3-4H2,(H2,12,13,14,15). The summed E-state index contributed by atoms with van der Waals surface area (Å²) < 4.78 is 0.823. The third kappa shape index (κ3) is 4.23. The zero-order chi connectivity index (χ0) is 12.1. The van der Waals surface area contributed by atoms with Crippen LogP contribution < -0.4 is 10.6 Å². The van der Waals surface area contributed by atoms with Crippen molar-refractivity contribution < 1.29 is 0 Å². The number of thiazole rings is 1. The molecule has 2 heterocycles. The van der Waals surface area contributed by atoms with Gasteiger partial charge in [0.2, 0.25) is 0 Å². The quantitative estimate of drug-likeness (QED) is 0.849. The highest BCUT2D eigenvalue weighted by Gasteiger charge is 2.00. The van der Waals surface area contributed by atoms with E-state index in [9.17, 15) is 0 Å². The Balaban J connectivity index is 1.70. The lowest BCUT2D eigenvalue weighted by atomic mass is 10.3. The first-order valence-corrected chi connectivity index (χ1v) is 7.41. The molecule has 0 aromatic carbocycles. The Morgan fingerprint density at radius 3 is 3.00 bits per heavy atom. The summed E-state index contributed by atoms with van der Waals surface area (Å²) in [4.78, 5) is 5.34. The first kappa shape index (κ1) is 12.8. The van der Waals surface area contributed by atoms with Crippen molar-refractivity contribution in [1.82, 2.24) is 10.3 Å². The minimum Gasteiger partial charge on any atom is -0.362 e. The van der Waals surface area contributed by atoms with Crippen molar-refractivity contribution in [2.75, 3.05) is 11.9 Å². The molecule has 7 heteroatoms. The molecule has 0 atom stereocenters. The number of aromatic nitrogens is 1. The maximum absolute atomic E-state index is 5.85. The van der Waals surface area contributed by atoms with Crippen molar-refractivity contribution in [2.24, 2.45) is 0 Å². The van der Waals surface area contributed by atoms with E-state index in [0.29, 0.717) is 5.11 Å². The minimum absolute atomic E-state index is 0.600. The minimum atomic E-state index is 0.600. The van der Waals surface area contributed by atoms with E-state index in [1.54, 1.807) is 17.5 Å². The van der Waals surface area contributed by atoms with Crippen molar-refractivity contribution >= 4 is 56.7 Å². The van der Waals surface area contributed by atoms with Gasteiger partial charge in [-0.05, 0) is 30.8 Å². The second-order valence-corrected chi connectivity index (χ2v) is 6.28. The van der Waals surface area contributed by atoms with Crippen molar-refractivity contribution in [3.8, 4) is 0 Å². The molecule has 90 valence electrons. The van der Waals surface area contributed by atoms with Crippen molar-refractivity contribution in [3.05, 3.63) is 32.9 Å². The molecule has 0 saturated carbocycles. The van der Waals surface area contributed by atoms with E-state index in [0.717, 1.165) is 22.4 Å². The zero-order valence-electron chi connectivity index (χ0n) is 8.77. The van der Waals surface area contributed by atoms with Gasteiger partial charge in [-0.15, -0.1) is 22.7 Å². The van der Waals surface area contributed by atoms with Gasteiger partial charge in [0, 0.05) is 23.0 Å². The average Bonchev–Trinajstić information content (AvgIpc) is 2.90. The summed E-state index contributed by atoms with van der Waals surface area (Å²) >= 11 is 14.1. The lowest BCUT2D eigenvalue weighted by Crippen LogP contribution is -2.29. The Morgan fingerprint density at radius 2 is 2.35 bits per heavy atom. The molecule has 0 aliphatic heterocycles. The van der Waals surface area contributed by atoms with Crippen LogP contribution in [0, 0.1) is 0 Å². The van der Waals surface area contributed by atoms with Crippen molar-refractivity contribution in [3.63, 3.8) is 0 Å². The second kappa shape index (κ2) is 6.30. The Bertz CT molecular complexity index is 481. The highest BCUT2D eigenvalue weighted by atomic mass is 35.5. The smallest absolute Gasteiger partial charge is 0.188 e. The third-order valence-corrected chi connectivity index (χ3v) is 4.16. The molecule has 0 aliphatic carbocycles. The molecule has 17 heavy (non-hydrogen) atoms. The van der Waals surface area contributed by atoms with Gasteiger partial charge in [0.15, 0.2) is 10.2 Å². The monoisotopic (exact) mass is 303 g/mol. The van der Waals surface area contributed by atoms with Gasteiger partial charge in [0.05, 0.1) is 4.34 Å². The lowest BCUT2D eigenvalue weighted by molar-refractivity contribution is 0.885. The van der Waals surface area contributed by atoms with Crippen molar-refractivity contribution in [2.45, 2.75) is 6.42 Å². The average molecular weight is 304 g/mol. The van der Waals surface area contributed by atoms with Gasteiger partial charge < -0.3 is 10.6 Å². The third-order valence-electron chi connectivity index (χ3n) is 1.94. The molecular weight excluding hydrogens is 294 g/mol. The first-order chi connectivity index (χ1) is 8.24. The van der Waals surface area contributed by atoms with Crippen LogP contribution in [0.3, 0.4) is 0 Å². The molecule has 0 saturated heterocycles. The van der Waals surface area contributed by atoms with Gasteiger partial charge in [-0.2, -0.15) is 0 Å². The largest absolute Gasteiger partial charge is 0.362 e. The lowest BCUT2D eigenvalue weighted by Gasteiger charge is -2.07. The van der Waals surface area contributed by atoms with Crippen LogP contribution in [0.2, 0.25) is 4.34 Å². The van der Waals surface area contributed by atoms with Crippen LogP contribution in [0.15, 0.2) is 23.7 Å². The zero-order valence-corrected chi connectivity index (χ0v) is 12.0. The summed E-state index contributed by atoms with van der Waals surface area (Å²) in [6.07, 6.45) is 2.65. The van der Waals surface area contributed by atoms with Gasteiger partial charge in [-0.25, -0.2) is 4.98 Å². The maximum Gasteiger partial charge on any atom is 0.188 e. The van der Waals surface area contributed by atoms with E-state index in [-0.39, 0.29) is 0 Å². The van der Waals surface area contributed by atoms with Crippen LogP contribution in [0.4, 0.5) is 5.13 Å². The summed E-state index contributed by atoms with van der Waals surface area (Å²) in [5, 5.41) is 9.46. The molecule has 2 rings (SSSR count). The second-order valence-electron chi connectivity index (χ2n) is 3.17. The molecule has 0 bridgehead atoms. The summed E-state index contributed by atoms with van der Waals surface area (Å²) in [5.74, 6) is 0. The van der Waals surface area contributed by atoms with Crippen LogP contribution in [0.5, 0.6) is 0 Å². The molecule has 0 aliphatic rings. The molecule has 3 nitrogen and oxygen atoms in total. The van der Waals surface area contributed by atoms with Crippen LogP contribution in [-0.2, 0) is 6.42 Å². The maximum atomic E-state index is 5.85. The first-order valence-electron chi connectivity index (χ1n) is 4.92. The van der Waals surface area contributed by atoms with Gasteiger partial charge in [-0.3, -0.25) is 0 Å². The van der Waals surface area contributed by atoms with E-state index in [1.807, 2.05) is 17.5 Å². The van der Waals surface area contributed by atoms with E-state index in [2.05, 4.69) is 15.6 Å². The Morgan fingerprint density at radius 1 is 1.47 bits per heavy atom. The topological polar surface area (TPSA) is 37.0 Å². The molecule has 0 spiro atoms. The number of nitrogens with one attached hydrogen (secondary N) is 2. The fourth-order valence-corrected chi connectivity index (χ4v) is 3.10. The van der Waals surface area contributed by atoms with Crippen molar-refractivity contribution in [1.29, 1.82) is 0 Å². The number of rotatable bonds is 4. The predicted molar refractivity (Wildman–Crippen MR) is 79.4 cm³/mol. The normalized spacial score (nSPS) is 10.2. The van der Waals surface area contributed by atoms with E-state index < -0.39 is 0 Å². The van der Waals surface area contributed by atoms with Crippen LogP contribution in [0.25, 0.3) is 0 Å². The molecular formula is C10H10ClN3S3. The Labute approximate surface area is 118 Å². The number of thiocarbonyl (C=S) groups is 1. The summed E-state index contributed by atoms with van der Waals surface area (Å²) in [5.41, 5.74) is 0. The summed E-state index contributed by atoms with van der Waals surface area (Å²) in [6, 6.07) is 3.94. The van der Waals surface area contributed by atoms with E-state index in [4.69, 9.17) is 23.8 Å². The number of anilines is 1. The SMILES string of the molecule is S=C(NCCc1ccc(Cl)s1)Nc1nccs1. The number of thiophene rings is 1.